The van der Waals surface area contributed by atoms with Gasteiger partial charge in [0.25, 0.3) is 5.91 Å². The standard InChI is InChI=1S/C49H56ClN9O8S2/c1-30-31(2)68-49-45(30)46(33-5-8-37(50)9-6-33)54-40(47-56-55-32(3)59(47)49)28-43(60)51-14-19-65-21-23-67-24-22-66-20-15-52-48(63)35-7-10-39(42(26-35)69-57-16-12-38(64-4)13-17-57)34-11-18-58-41(25-34)36(29-53-58)27-44(61)62/h5-11,18,25-26,29,38,40H,12-17,19-24,27-28H2,1-4H3,(H,51,60)(H,52,63)(H,61,62)/t40-/m0/s1. The number of rotatable bonds is 22. The van der Waals surface area contributed by atoms with E-state index < -0.39 is 12.0 Å². The summed E-state index contributed by atoms with van der Waals surface area (Å²) in [6.07, 6.45) is 5.42. The molecule has 0 saturated carbocycles. The van der Waals surface area contributed by atoms with E-state index in [0.29, 0.717) is 74.7 Å². The van der Waals surface area contributed by atoms with Gasteiger partial charge in [0.05, 0.1) is 76.0 Å². The molecule has 17 nitrogen and oxygen atoms in total. The fourth-order valence-corrected chi connectivity index (χ4v) is 10.8. The second-order valence-electron chi connectivity index (χ2n) is 16.7. The Balaban J connectivity index is 0.748. The summed E-state index contributed by atoms with van der Waals surface area (Å²) in [7, 11) is 1.74. The predicted molar refractivity (Wildman–Crippen MR) is 265 cm³/mol. The number of ether oxygens (including phenoxy) is 4. The van der Waals surface area contributed by atoms with E-state index in [1.165, 1.54) is 4.88 Å². The van der Waals surface area contributed by atoms with E-state index >= 15 is 0 Å². The van der Waals surface area contributed by atoms with Crippen LogP contribution < -0.4 is 10.6 Å². The topological polar surface area (TPSA) is 196 Å². The number of hydrogen-bond acceptors (Lipinski definition) is 14. The van der Waals surface area contributed by atoms with Gasteiger partial charge in [0.15, 0.2) is 5.82 Å². The van der Waals surface area contributed by atoms with Crippen LogP contribution in [0.1, 0.15) is 74.4 Å². The molecule has 0 bridgehead atoms. The van der Waals surface area contributed by atoms with Gasteiger partial charge >= 0.3 is 5.97 Å². The van der Waals surface area contributed by atoms with Gasteiger partial charge in [-0.15, -0.1) is 21.5 Å². The number of carboxylic acid groups (broad SMARTS) is 1. The van der Waals surface area contributed by atoms with Crippen LogP contribution in [0.25, 0.3) is 21.6 Å². The third kappa shape index (κ3) is 12.3. The maximum absolute atomic E-state index is 13.3. The average Bonchev–Trinajstić information content (AvgIpc) is 3.99. The van der Waals surface area contributed by atoms with Crippen molar-refractivity contribution in [3.63, 3.8) is 0 Å². The fourth-order valence-electron chi connectivity index (χ4n) is 8.30. The van der Waals surface area contributed by atoms with Crippen molar-refractivity contribution in [2.24, 2.45) is 4.99 Å². The van der Waals surface area contributed by atoms with Crippen molar-refractivity contribution in [3.8, 4) is 16.1 Å². The molecule has 6 heterocycles. The molecule has 1 saturated heterocycles. The molecule has 20 heteroatoms. The summed E-state index contributed by atoms with van der Waals surface area (Å²) in [6.45, 7) is 10.4. The molecule has 0 radical (unpaired) electrons. The van der Waals surface area contributed by atoms with Crippen molar-refractivity contribution in [2.45, 2.75) is 63.5 Å². The van der Waals surface area contributed by atoms with Crippen LogP contribution in [0.5, 0.6) is 0 Å². The summed E-state index contributed by atoms with van der Waals surface area (Å²) in [5, 5.41) is 30.1. The van der Waals surface area contributed by atoms with Gasteiger partial charge in [0, 0.05) is 76.5 Å². The number of aliphatic carboxylic acids is 1. The fraction of sp³-hybridized carbons (Fsp3) is 0.408. The number of carbonyl (C=O) groups is 3. The maximum atomic E-state index is 13.3. The molecule has 0 spiro atoms. The number of hydrogen-bond donors (Lipinski definition) is 3. The number of amides is 2. The lowest BCUT2D eigenvalue weighted by atomic mass is 9.99. The third-order valence-corrected chi connectivity index (χ3v) is 14.6. The highest BCUT2D eigenvalue weighted by atomic mass is 35.5. The summed E-state index contributed by atoms with van der Waals surface area (Å²) in [6, 6.07) is 16.6. The summed E-state index contributed by atoms with van der Waals surface area (Å²) in [4.78, 5) is 45.4. The molecular formula is C49H56ClN9O8S2. The number of carbonyl (C=O) groups excluding carboxylic acids is 2. The number of aliphatic imine (C=N–C) groups is 1. The average molecular weight is 999 g/mol. The smallest absolute Gasteiger partial charge is 0.307 e. The number of benzene rings is 2. The van der Waals surface area contributed by atoms with Gasteiger partial charge in [-0.1, -0.05) is 29.8 Å². The Morgan fingerprint density at radius 2 is 1.59 bits per heavy atom. The van der Waals surface area contributed by atoms with Gasteiger partial charge in [-0.2, -0.15) is 5.10 Å². The van der Waals surface area contributed by atoms with Crippen molar-refractivity contribution in [2.75, 3.05) is 72.9 Å². The van der Waals surface area contributed by atoms with E-state index in [4.69, 9.17) is 35.5 Å². The Kier molecular flexibility index (Phi) is 16.9. The van der Waals surface area contributed by atoms with E-state index in [1.807, 2.05) is 66.2 Å². The minimum absolute atomic E-state index is 0.0865. The molecule has 2 aliphatic rings. The molecule has 1 fully saturated rings. The Morgan fingerprint density at radius 1 is 0.884 bits per heavy atom. The van der Waals surface area contributed by atoms with Gasteiger partial charge in [-0.25, -0.2) is 8.82 Å². The summed E-state index contributed by atoms with van der Waals surface area (Å²) in [5.41, 5.74) is 7.54. The largest absolute Gasteiger partial charge is 0.481 e. The van der Waals surface area contributed by atoms with Crippen LogP contribution in [0.4, 0.5) is 0 Å². The quantitative estimate of drug-likeness (QED) is 0.0473. The predicted octanol–water partition coefficient (Wildman–Crippen LogP) is 6.85. The number of fused-ring (bicyclic) bond motifs is 4. The zero-order chi connectivity index (χ0) is 48.4. The number of halogens is 1. The van der Waals surface area contributed by atoms with E-state index in [-0.39, 0.29) is 30.8 Å². The van der Waals surface area contributed by atoms with Gasteiger partial charge in [0.2, 0.25) is 5.91 Å². The Bertz CT molecular complexity index is 2800. The second-order valence-corrected chi connectivity index (χ2v) is 19.5. The van der Waals surface area contributed by atoms with Crippen LogP contribution in [-0.4, -0.2) is 136 Å². The van der Waals surface area contributed by atoms with E-state index in [2.05, 4.69) is 44.1 Å². The van der Waals surface area contributed by atoms with Crippen LogP contribution in [0.2, 0.25) is 5.02 Å². The number of aromatic nitrogens is 5. The molecule has 8 rings (SSSR count). The van der Waals surface area contributed by atoms with Crippen LogP contribution in [0.3, 0.4) is 0 Å². The zero-order valence-electron chi connectivity index (χ0n) is 39.0. The number of thiophene rings is 1. The van der Waals surface area contributed by atoms with Gasteiger partial charge in [-0.05, 0) is 98.6 Å². The molecule has 364 valence electrons. The molecule has 0 aliphatic carbocycles. The lowest BCUT2D eigenvalue weighted by Crippen LogP contribution is -2.32. The molecule has 69 heavy (non-hydrogen) atoms. The number of methoxy groups -OCH3 is 1. The lowest BCUT2D eigenvalue weighted by Gasteiger charge is -2.30. The van der Waals surface area contributed by atoms with Gasteiger partial charge < -0.3 is 34.7 Å². The van der Waals surface area contributed by atoms with Crippen molar-refractivity contribution in [3.05, 3.63) is 116 Å². The Morgan fingerprint density at radius 3 is 2.30 bits per heavy atom. The third-order valence-electron chi connectivity index (χ3n) is 12.0. The van der Waals surface area contributed by atoms with Crippen LogP contribution in [0, 0.1) is 20.8 Å². The number of pyridine rings is 1. The Labute approximate surface area is 413 Å². The molecule has 0 unspecified atom stereocenters. The minimum atomic E-state index is -0.922. The first kappa shape index (κ1) is 49.9. The number of nitrogens with one attached hydrogen (secondary N) is 2. The summed E-state index contributed by atoms with van der Waals surface area (Å²) >= 11 is 9.51. The highest BCUT2D eigenvalue weighted by Crippen LogP contribution is 2.40. The van der Waals surface area contributed by atoms with Crippen molar-refractivity contribution < 1.29 is 38.4 Å². The van der Waals surface area contributed by atoms with Gasteiger partial charge in [0.1, 0.15) is 16.9 Å². The Hall–Kier alpha value is -5.51. The molecular weight excluding hydrogens is 942 g/mol. The number of piperidine rings is 1. The first-order chi connectivity index (χ1) is 33.5. The second kappa shape index (κ2) is 23.4. The molecule has 2 aromatic carbocycles. The molecule has 3 N–H and O–H groups in total. The van der Waals surface area contributed by atoms with Crippen molar-refractivity contribution in [1.82, 2.24) is 39.3 Å². The number of aryl methyl sites for hydroxylation is 2. The van der Waals surface area contributed by atoms with Crippen LogP contribution >= 0.6 is 34.9 Å². The monoisotopic (exact) mass is 997 g/mol. The summed E-state index contributed by atoms with van der Waals surface area (Å²) in [5.74, 6) is 0.0374. The highest BCUT2D eigenvalue weighted by molar-refractivity contribution is 7.97. The zero-order valence-corrected chi connectivity index (χ0v) is 41.4. The molecule has 2 amide bonds. The van der Waals surface area contributed by atoms with E-state index in [0.717, 1.165) is 80.7 Å². The highest BCUT2D eigenvalue weighted by Gasteiger charge is 2.32. The van der Waals surface area contributed by atoms with Crippen LogP contribution in [-0.2, 0) is 35.0 Å². The molecule has 2 aliphatic heterocycles. The summed E-state index contributed by atoms with van der Waals surface area (Å²) < 4.78 is 28.6. The maximum Gasteiger partial charge on any atom is 0.307 e. The molecule has 6 aromatic rings. The SMILES string of the molecule is COC1CCN(Sc2cc(C(=O)NCCOCCOCCOCCNC(=O)C[C@@H]3N=C(c4ccc(Cl)cc4)c4c(sc(C)c4C)-n4c(C)nnc43)ccc2-c2ccn3ncc(CC(=O)O)c3c2)CC1. The van der Waals surface area contributed by atoms with Crippen molar-refractivity contribution in [1.29, 1.82) is 0 Å². The molecule has 1 atom stereocenters. The van der Waals surface area contributed by atoms with Crippen molar-refractivity contribution >= 4 is 63.9 Å². The normalized spacial score (nSPS) is 15.1. The lowest BCUT2D eigenvalue weighted by molar-refractivity contribution is -0.136. The van der Waals surface area contributed by atoms with Gasteiger partial charge in [-0.3, -0.25) is 23.9 Å². The first-order valence-electron chi connectivity index (χ1n) is 22.9. The first-order valence-corrected chi connectivity index (χ1v) is 24.9. The van der Waals surface area contributed by atoms with Crippen LogP contribution in [0.15, 0.2) is 76.9 Å². The van der Waals surface area contributed by atoms with E-state index in [1.54, 1.807) is 47.2 Å². The number of carboxylic acids is 1. The number of nitrogens with zero attached hydrogens (tertiary/aromatic N) is 7. The molecule has 4 aromatic heterocycles. The minimum Gasteiger partial charge on any atom is -0.481 e. The van der Waals surface area contributed by atoms with E-state index in [9.17, 15) is 19.5 Å².